The zero-order valence-corrected chi connectivity index (χ0v) is 10.3. The van der Waals surface area contributed by atoms with Crippen LogP contribution in [0, 0.1) is 0 Å². The molecular formula is C13H12N2O5. The third-order valence-electron chi connectivity index (χ3n) is 2.65. The number of amides is 1. The maximum atomic E-state index is 11.7. The van der Waals surface area contributed by atoms with Gasteiger partial charge in [-0.25, -0.2) is 4.79 Å². The average molecular weight is 276 g/mol. The number of phenols is 1. The van der Waals surface area contributed by atoms with Crippen molar-refractivity contribution < 1.29 is 24.3 Å². The lowest BCUT2D eigenvalue weighted by Gasteiger charge is -2.13. The summed E-state index contributed by atoms with van der Waals surface area (Å²) in [5.41, 5.74) is 0.692. The largest absolute Gasteiger partial charge is 0.508 e. The van der Waals surface area contributed by atoms with Gasteiger partial charge < -0.3 is 20.1 Å². The zero-order valence-electron chi connectivity index (χ0n) is 10.3. The van der Waals surface area contributed by atoms with Crippen LogP contribution in [0.3, 0.4) is 0 Å². The van der Waals surface area contributed by atoms with Crippen LogP contribution >= 0.6 is 0 Å². The fourth-order valence-corrected chi connectivity index (χ4v) is 1.63. The number of phenolic OH excluding ortho intramolecular Hbond substituents is 1. The highest BCUT2D eigenvalue weighted by molar-refractivity contribution is 5.94. The third kappa shape index (κ3) is 3.35. The molecule has 0 aliphatic carbocycles. The molecule has 0 bridgehead atoms. The lowest BCUT2D eigenvalue weighted by atomic mass is 10.1. The van der Waals surface area contributed by atoms with Gasteiger partial charge in [-0.2, -0.15) is 0 Å². The second-order valence-corrected chi connectivity index (χ2v) is 4.12. The molecule has 2 aromatic rings. The number of carbonyl (C=O) groups excluding carboxylic acids is 1. The van der Waals surface area contributed by atoms with Crippen LogP contribution in [0.5, 0.6) is 5.75 Å². The van der Waals surface area contributed by atoms with E-state index in [4.69, 9.17) is 10.2 Å². The predicted octanol–water partition coefficient (Wildman–Crippen LogP) is 0.806. The molecule has 0 saturated carbocycles. The van der Waals surface area contributed by atoms with E-state index in [1.165, 1.54) is 24.5 Å². The van der Waals surface area contributed by atoms with E-state index in [0.717, 1.165) is 0 Å². The van der Waals surface area contributed by atoms with Crippen LogP contribution in [0.4, 0.5) is 0 Å². The van der Waals surface area contributed by atoms with E-state index in [-0.39, 0.29) is 17.9 Å². The van der Waals surface area contributed by atoms with Gasteiger partial charge in [0.1, 0.15) is 18.1 Å². The SMILES string of the molecule is O=C(N[C@@H](Cc1ccc(O)cc1)C(=O)O)c1ccon1. The molecule has 0 fully saturated rings. The van der Waals surface area contributed by atoms with Gasteiger partial charge in [0.2, 0.25) is 0 Å². The Balaban J connectivity index is 2.06. The van der Waals surface area contributed by atoms with Gasteiger partial charge in [0, 0.05) is 12.5 Å². The van der Waals surface area contributed by atoms with Gasteiger partial charge in [-0.15, -0.1) is 0 Å². The monoisotopic (exact) mass is 276 g/mol. The smallest absolute Gasteiger partial charge is 0.326 e. The van der Waals surface area contributed by atoms with Crippen molar-refractivity contribution in [2.24, 2.45) is 0 Å². The number of carboxylic acids is 1. The molecule has 1 aromatic heterocycles. The van der Waals surface area contributed by atoms with Crippen LogP contribution in [0.1, 0.15) is 16.1 Å². The Morgan fingerprint density at radius 1 is 1.25 bits per heavy atom. The van der Waals surface area contributed by atoms with Crippen molar-refractivity contribution in [2.75, 3.05) is 0 Å². The summed E-state index contributed by atoms with van der Waals surface area (Å²) in [4.78, 5) is 22.9. The highest BCUT2D eigenvalue weighted by Crippen LogP contribution is 2.11. The molecule has 0 spiro atoms. The quantitative estimate of drug-likeness (QED) is 0.744. The van der Waals surface area contributed by atoms with Crippen molar-refractivity contribution in [2.45, 2.75) is 12.5 Å². The molecule has 0 saturated heterocycles. The lowest BCUT2D eigenvalue weighted by Crippen LogP contribution is -2.42. The molecule has 2 rings (SSSR count). The molecule has 104 valence electrons. The lowest BCUT2D eigenvalue weighted by molar-refractivity contribution is -0.139. The van der Waals surface area contributed by atoms with Crippen molar-refractivity contribution in [1.82, 2.24) is 10.5 Å². The summed E-state index contributed by atoms with van der Waals surface area (Å²) < 4.78 is 4.52. The molecule has 1 heterocycles. The second kappa shape index (κ2) is 5.87. The maximum Gasteiger partial charge on any atom is 0.326 e. The van der Waals surface area contributed by atoms with Gasteiger partial charge in [0.15, 0.2) is 5.69 Å². The fraction of sp³-hybridized carbons (Fsp3) is 0.154. The summed E-state index contributed by atoms with van der Waals surface area (Å²) in [6.45, 7) is 0. The first-order valence-electron chi connectivity index (χ1n) is 5.78. The number of hydrogen-bond acceptors (Lipinski definition) is 5. The van der Waals surface area contributed by atoms with E-state index in [9.17, 15) is 9.59 Å². The molecule has 0 unspecified atom stereocenters. The number of hydrogen-bond donors (Lipinski definition) is 3. The van der Waals surface area contributed by atoms with E-state index in [1.54, 1.807) is 12.1 Å². The van der Waals surface area contributed by atoms with Gasteiger partial charge in [0.05, 0.1) is 0 Å². The van der Waals surface area contributed by atoms with Crippen molar-refractivity contribution in [3.05, 3.63) is 47.9 Å². The van der Waals surface area contributed by atoms with Crippen LogP contribution in [0.2, 0.25) is 0 Å². The number of aromatic hydroxyl groups is 1. The Morgan fingerprint density at radius 3 is 2.50 bits per heavy atom. The molecule has 0 radical (unpaired) electrons. The number of benzene rings is 1. The molecule has 3 N–H and O–H groups in total. The normalized spacial score (nSPS) is 11.8. The summed E-state index contributed by atoms with van der Waals surface area (Å²) in [5.74, 6) is -1.69. The van der Waals surface area contributed by atoms with Crippen molar-refractivity contribution >= 4 is 11.9 Å². The van der Waals surface area contributed by atoms with Crippen molar-refractivity contribution in [1.29, 1.82) is 0 Å². The van der Waals surface area contributed by atoms with E-state index in [0.29, 0.717) is 5.56 Å². The molecule has 1 aromatic carbocycles. The molecular weight excluding hydrogens is 264 g/mol. The summed E-state index contributed by atoms with van der Waals surface area (Å²) in [5, 5.41) is 24.1. The fourth-order valence-electron chi connectivity index (χ4n) is 1.63. The van der Waals surface area contributed by atoms with E-state index in [1.807, 2.05) is 0 Å². The van der Waals surface area contributed by atoms with Crippen molar-refractivity contribution in [3.63, 3.8) is 0 Å². The summed E-state index contributed by atoms with van der Waals surface area (Å²) in [7, 11) is 0. The first-order chi connectivity index (χ1) is 9.56. The first kappa shape index (κ1) is 13.6. The molecule has 1 amide bonds. The summed E-state index contributed by atoms with van der Waals surface area (Å²) in [6.07, 6.45) is 1.32. The van der Waals surface area contributed by atoms with Gasteiger partial charge in [-0.05, 0) is 17.7 Å². The number of aromatic nitrogens is 1. The molecule has 20 heavy (non-hydrogen) atoms. The molecule has 1 atom stereocenters. The van der Waals surface area contributed by atoms with E-state index in [2.05, 4.69) is 15.0 Å². The number of nitrogens with one attached hydrogen (secondary N) is 1. The van der Waals surface area contributed by atoms with Gasteiger partial charge in [-0.1, -0.05) is 17.3 Å². The van der Waals surface area contributed by atoms with Crippen molar-refractivity contribution in [3.8, 4) is 5.75 Å². The molecule has 7 heteroatoms. The Hall–Kier alpha value is -2.83. The Kier molecular flexibility index (Phi) is 3.99. The average Bonchev–Trinajstić information content (AvgIpc) is 2.94. The minimum Gasteiger partial charge on any atom is -0.508 e. The zero-order chi connectivity index (χ0) is 14.5. The topological polar surface area (TPSA) is 113 Å². The summed E-state index contributed by atoms with van der Waals surface area (Å²) >= 11 is 0. The minimum absolute atomic E-state index is 0.0157. The summed E-state index contributed by atoms with van der Waals surface area (Å²) in [6, 6.07) is 6.33. The number of carbonyl (C=O) groups is 2. The highest BCUT2D eigenvalue weighted by atomic mass is 16.5. The first-order valence-corrected chi connectivity index (χ1v) is 5.78. The second-order valence-electron chi connectivity index (χ2n) is 4.12. The minimum atomic E-state index is -1.16. The van der Waals surface area contributed by atoms with Gasteiger partial charge >= 0.3 is 5.97 Å². The van der Waals surface area contributed by atoms with Crippen LogP contribution < -0.4 is 5.32 Å². The number of nitrogens with zero attached hydrogens (tertiary/aromatic N) is 1. The molecule has 7 nitrogen and oxygen atoms in total. The van der Waals surface area contributed by atoms with Gasteiger partial charge in [-0.3, -0.25) is 4.79 Å². The Bertz CT molecular complexity index is 592. The predicted molar refractivity (Wildman–Crippen MR) is 67.2 cm³/mol. The van der Waals surface area contributed by atoms with E-state index < -0.39 is 17.9 Å². The van der Waals surface area contributed by atoms with Crippen LogP contribution in [0.15, 0.2) is 41.1 Å². The Morgan fingerprint density at radius 2 is 1.95 bits per heavy atom. The number of rotatable bonds is 5. The van der Waals surface area contributed by atoms with Crippen LogP contribution in [-0.2, 0) is 11.2 Å². The van der Waals surface area contributed by atoms with Gasteiger partial charge in [0.25, 0.3) is 5.91 Å². The third-order valence-corrected chi connectivity index (χ3v) is 2.65. The highest BCUT2D eigenvalue weighted by Gasteiger charge is 2.22. The number of aliphatic carboxylic acids is 1. The molecule has 0 aliphatic rings. The maximum absolute atomic E-state index is 11.7. The molecule has 0 aliphatic heterocycles. The van der Waals surface area contributed by atoms with Crippen LogP contribution in [-0.4, -0.2) is 33.3 Å². The number of carboxylic acid groups (broad SMARTS) is 1. The Labute approximate surface area is 113 Å². The van der Waals surface area contributed by atoms with E-state index >= 15 is 0 Å². The van der Waals surface area contributed by atoms with Crippen LogP contribution in [0.25, 0.3) is 0 Å². The standard InChI is InChI=1S/C13H12N2O5/c16-9-3-1-8(2-4-9)7-11(13(18)19)14-12(17)10-5-6-20-15-10/h1-6,11,16H,7H2,(H,14,17)(H,18,19)/t11-/m0/s1.